The maximum atomic E-state index is 11.9. The van der Waals surface area contributed by atoms with Crippen molar-refractivity contribution in [3.8, 4) is 0 Å². The van der Waals surface area contributed by atoms with Crippen LogP contribution < -0.4 is 5.73 Å². The molecule has 1 rings (SSSR count). The van der Waals surface area contributed by atoms with Crippen molar-refractivity contribution in [1.82, 2.24) is 9.78 Å². The lowest BCUT2D eigenvalue weighted by molar-refractivity contribution is 0.0952. The van der Waals surface area contributed by atoms with Gasteiger partial charge in [-0.1, -0.05) is 13.8 Å². The van der Waals surface area contributed by atoms with Crippen LogP contribution in [0.25, 0.3) is 0 Å². The monoisotopic (exact) mass is 223 g/mol. The van der Waals surface area contributed by atoms with Crippen LogP contribution in [0.1, 0.15) is 43.6 Å². The summed E-state index contributed by atoms with van der Waals surface area (Å²) in [4.78, 5) is 11.9. The summed E-state index contributed by atoms with van der Waals surface area (Å²) in [5.74, 6) is 0.157. The quantitative estimate of drug-likeness (QED) is 0.747. The fourth-order valence-electron chi connectivity index (χ4n) is 1.74. The molecule has 0 atom stereocenters. The zero-order chi connectivity index (χ0) is 12.2. The molecule has 4 nitrogen and oxygen atoms in total. The van der Waals surface area contributed by atoms with Gasteiger partial charge >= 0.3 is 0 Å². The van der Waals surface area contributed by atoms with Crippen LogP contribution in [0.2, 0.25) is 0 Å². The predicted octanol–water partition coefficient (Wildman–Crippen LogP) is 1.76. The smallest absolute Gasteiger partial charge is 0.180 e. The first-order valence-electron chi connectivity index (χ1n) is 5.67. The van der Waals surface area contributed by atoms with Crippen molar-refractivity contribution in [2.24, 2.45) is 18.2 Å². The largest absolute Gasteiger partial charge is 0.330 e. The van der Waals surface area contributed by atoms with E-state index in [-0.39, 0.29) is 11.2 Å². The molecule has 0 radical (unpaired) electrons. The van der Waals surface area contributed by atoms with E-state index in [1.54, 1.807) is 24.0 Å². The van der Waals surface area contributed by atoms with Crippen LogP contribution in [0.4, 0.5) is 0 Å². The molecule has 2 N–H and O–H groups in total. The molecule has 4 heteroatoms. The number of nitrogens with zero attached hydrogens (tertiary/aromatic N) is 2. The summed E-state index contributed by atoms with van der Waals surface area (Å²) in [6.07, 6.45) is 4.03. The lowest BCUT2D eigenvalue weighted by Gasteiger charge is -2.23. The van der Waals surface area contributed by atoms with E-state index in [0.717, 1.165) is 12.8 Å². The first-order chi connectivity index (χ1) is 7.46. The number of nitrogens with two attached hydrogens (primary N) is 1. The second-order valence-corrected chi connectivity index (χ2v) is 4.97. The Balaban J connectivity index is 2.51. The van der Waals surface area contributed by atoms with Crippen molar-refractivity contribution in [1.29, 1.82) is 0 Å². The van der Waals surface area contributed by atoms with E-state index in [0.29, 0.717) is 18.7 Å². The van der Waals surface area contributed by atoms with E-state index in [1.807, 2.05) is 0 Å². The van der Waals surface area contributed by atoms with Gasteiger partial charge in [-0.2, -0.15) is 5.10 Å². The molecule has 1 aromatic heterocycles. The van der Waals surface area contributed by atoms with Crippen LogP contribution in [0.3, 0.4) is 0 Å². The molecule has 1 aromatic rings. The van der Waals surface area contributed by atoms with Crippen molar-refractivity contribution < 1.29 is 4.79 Å². The summed E-state index contributed by atoms with van der Waals surface area (Å²) < 4.78 is 1.62. The van der Waals surface area contributed by atoms with E-state index in [4.69, 9.17) is 5.73 Å². The normalized spacial score (nSPS) is 11.8. The second-order valence-electron chi connectivity index (χ2n) is 4.97. The molecule has 90 valence electrons. The molecule has 0 aliphatic heterocycles. The Morgan fingerprint density at radius 2 is 2.19 bits per heavy atom. The first-order valence-corrected chi connectivity index (χ1v) is 5.67. The molecule has 0 aromatic carbocycles. The van der Waals surface area contributed by atoms with Crippen LogP contribution in [-0.4, -0.2) is 22.1 Å². The van der Waals surface area contributed by atoms with Crippen LogP contribution in [0.5, 0.6) is 0 Å². The standard InChI is InChI=1S/C12H21N3O/c1-12(2,7-8-13)6-4-11(16)10-5-9-14-15(10)3/h5,9H,4,6-8,13H2,1-3H3. The first kappa shape index (κ1) is 12.9. The minimum atomic E-state index is 0.142. The lowest BCUT2D eigenvalue weighted by atomic mass is 9.83. The molecule has 0 aliphatic rings. The SMILES string of the molecule is Cn1nccc1C(=O)CCC(C)(C)CCN. The van der Waals surface area contributed by atoms with Gasteiger partial charge in [-0.05, 0) is 30.9 Å². The molecule has 0 saturated carbocycles. The van der Waals surface area contributed by atoms with Gasteiger partial charge in [0.15, 0.2) is 5.78 Å². The molecule has 0 unspecified atom stereocenters. The summed E-state index contributed by atoms with van der Waals surface area (Å²) in [6, 6.07) is 1.76. The average Bonchev–Trinajstić information content (AvgIpc) is 2.61. The Morgan fingerprint density at radius 1 is 1.50 bits per heavy atom. The van der Waals surface area contributed by atoms with Crippen molar-refractivity contribution in [3.05, 3.63) is 18.0 Å². The zero-order valence-electron chi connectivity index (χ0n) is 10.4. The molecule has 0 aliphatic carbocycles. The zero-order valence-corrected chi connectivity index (χ0v) is 10.4. The van der Waals surface area contributed by atoms with Gasteiger partial charge in [-0.15, -0.1) is 0 Å². The van der Waals surface area contributed by atoms with E-state index >= 15 is 0 Å². The minimum Gasteiger partial charge on any atom is -0.330 e. The Kier molecular flexibility index (Phi) is 4.24. The van der Waals surface area contributed by atoms with Gasteiger partial charge in [-0.25, -0.2) is 0 Å². The Morgan fingerprint density at radius 3 is 2.69 bits per heavy atom. The van der Waals surface area contributed by atoms with Crippen LogP contribution in [0, 0.1) is 5.41 Å². The topological polar surface area (TPSA) is 60.9 Å². The molecule has 16 heavy (non-hydrogen) atoms. The number of aryl methyl sites for hydroxylation is 1. The molecule has 0 spiro atoms. The summed E-state index contributed by atoms with van der Waals surface area (Å²) in [5.41, 5.74) is 6.37. The van der Waals surface area contributed by atoms with Crippen LogP contribution in [0.15, 0.2) is 12.3 Å². The van der Waals surface area contributed by atoms with Gasteiger partial charge < -0.3 is 5.73 Å². The number of carbonyl (C=O) groups is 1. The number of hydrogen-bond acceptors (Lipinski definition) is 3. The van der Waals surface area contributed by atoms with Gasteiger partial charge in [0.05, 0.1) is 0 Å². The summed E-state index contributed by atoms with van der Waals surface area (Å²) in [5, 5.41) is 3.99. The molecule has 1 heterocycles. The van der Waals surface area contributed by atoms with Crippen LogP contribution in [-0.2, 0) is 7.05 Å². The summed E-state index contributed by atoms with van der Waals surface area (Å²) in [7, 11) is 1.79. The Labute approximate surface area is 96.8 Å². The third-order valence-electron chi connectivity index (χ3n) is 2.96. The highest BCUT2D eigenvalue weighted by Crippen LogP contribution is 2.26. The lowest BCUT2D eigenvalue weighted by Crippen LogP contribution is -2.19. The van der Waals surface area contributed by atoms with Crippen molar-refractivity contribution >= 4 is 5.78 Å². The molecule has 0 fully saturated rings. The maximum Gasteiger partial charge on any atom is 0.180 e. The van der Waals surface area contributed by atoms with E-state index in [2.05, 4.69) is 18.9 Å². The van der Waals surface area contributed by atoms with E-state index in [9.17, 15) is 4.79 Å². The highest BCUT2D eigenvalue weighted by atomic mass is 16.1. The fraction of sp³-hybridized carbons (Fsp3) is 0.667. The Hall–Kier alpha value is -1.16. The number of carbonyl (C=O) groups excluding carboxylic acids is 1. The van der Waals surface area contributed by atoms with Crippen molar-refractivity contribution in [3.63, 3.8) is 0 Å². The molecule has 0 bridgehead atoms. The van der Waals surface area contributed by atoms with Gasteiger partial charge in [0.1, 0.15) is 5.69 Å². The summed E-state index contributed by atoms with van der Waals surface area (Å²) in [6.45, 7) is 4.97. The highest BCUT2D eigenvalue weighted by molar-refractivity contribution is 5.94. The average molecular weight is 223 g/mol. The van der Waals surface area contributed by atoms with Gasteiger partial charge in [0.25, 0.3) is 0 Å². The Bertz CT molecular complexity index is 355. The predicted molar refractivity (Wildman–Crippen MR) is 64.2 cm³/mol. The number of aromatic nitrogens is 2. The van der Waals surface area contributed by atoms with Crippen molar-refractivity contribution in [2.45, 2.75) is 33.1 Å². The van der Waals surface area contributed by atoms with Gasteiger partial charge in [0, 0.05) is 19.7 Å². The fourth-order valence-corrected chi connectivity index (χ4v) is 1.74. The molecular weight excluding hydrogens is 202 g/mol. The third kappa shape index (κ3) is 3.45. The van der Waals surface area contributed by atoms with Gasteiger partial charge in [0.2, 0.25) is 0 Å². The highest BCUT2D eigenvalue weighted by Gasteiger charge is 2.19. The number of hydrogen-bond donors (Lipinski definition) is 1. The summed E-state index contributed by atoms with van der Waals surface area (Å²) >= 11 is 0. The van der Waals surface area contributed by atoms with E-state index < -0.39 is 0 Å². The molecule has 0 amide bonds. The number of Topliss-reactive ketones (excluding diaryl/α,β-unsaturated/α-hetero) is 1. The van der Waals surface area contributed by atoms with E-state index in [1.165, 1.54) is 0 Å². The third-order valence-corrected chi connectivity index (χ3v) is 2.96. The minimum absolute atomic E-state index is 0.142. The van der Waals surface area contributed by atoms with Crippen LogP contribution >= 0.6 is 0 Å². The molecule has 0 saturated heterocycles. The van der Waals surface area contributed by atoms with Gasteiger partial charge in [-0.3, -0.25) is 9.48 Å². The van der Waals surface area contributed by atoms with Crippen molar-refractivity contribution in [2.75, 3.05) is 6.54 Å². The number of rotatable bonds is 6. The maximum absolute atomic E-state index is 11.9. The second kappa shape index (κ2) is 5.25. The molecular formula is C12H21N3O. The number of ketones is 1.